The Morgan fingerprint density at radius 2 is 2.00 bits per heavy atom. The predicted molar refractivity (Wildman–Crippen MR) is 70.1 cm³/mol. The molecule has 0 aliphatic heterocycles. The van der Waals surface area contributed by atoms with E-state index >= 15 is 0 Å². The molecule has 4 nitrogen and oxygen atoms in total. The highest BCUT2D eigenvalue weighted by molar-refractivity contribution is 5.96. The van der Waals surface area contributed by atoms with E-state index in [2.05, 4.69) is 0 Å². The van der Waals surface area contributed by atoms with Crippen LogP contribution in [0.1, 0.15) is 25.0 Å². The topological polar surface area (TPSA) is 73.3 Å². The molecule has 4 N–H and O–H groups in total. The quantitative estimate of drug-likeness (QED) is 0.530. The second kappa shape index (κ2) is 5.29. The Hall–Kier alpha value is -1.39. The van der Waals surface area contributed by atoms with Gasteiger partial charge < -0.3 is 10.8 Å². The van der Waals surface area contributed by atoms with Crippen molar-refractivity contribution in [1.29, 1.82) is 5.41 Å². The van der Waals surface area contributed by atoms with Gasteiger partial charge in [0.05, 0.1) is 5.60 Å². The summed E-state index contributed by atoms with van der Waals surface area (Å²) in [6.45, 7) is 4.79. The van der Waals surface area contributed by atoms with Gasteiger partial charge in [-0.1, -0.05) is 24.3 Å². The lowest BCUT2D eigenvalue weighted by Gasteiger charge is -2.26. The maximum atomic E-state index is 9.74. The Morgan fingerprint density at radius 1 is 1.41 bits per heavy atom. The van der Waals surface area contributed by atoms with E-state index in [-0.39, 0.29) is 5.84 Å². The Kier molecular flexibility index (Phi) is 4.26. The fourth-order valence-corrected chi connectivity index (χ4v) is 1.93. The highest BCUT2D eigenvalue weighted by Gasteiger charge is 2.16. The molecule has 0 fully saturated rings. The van der Waals surface area contributed by atoms with Gasteiger partial charge in [0.25, 0.3) is 0 Å². The van der Waals surface area contributed by atoms with E-state index in [1.165, 1.54) is 0 Å². The Morgan fingerprint density at radius 3 is 2.53 bits per heavy atom. The van der Waals surface area contributed by atoms with Gasteiger partial charge in [0, 0.05) is 18.7 Å². The van der Waals surface area contributed by atoms with Gasteiger partial charge in [0.2, 0.25) is 0 Å². The first-order valence-electron chi connectivity index (χ1n) is 5.63. The molecular weight excluding hydrogens is 214 g/mol. The number of nitrogens with two attached hydrogens (primary N) is 1. The lowest BCUT2D eigenvalue weighted by atomic mass is 10.1. The summed E-state index contributed by atoms with van der Waals surface area (Å²) < 4.78 is 0. The Balaban J connectivity index is 2.78. The number of likely N-dealkylation sites (N-methyl/N-ethyl adjacent to an activating group) is 1. The average Bonchev–Trinajstić information content (AvgIpc) is 2.14. The monoisotopic (exact) mass is 235 g/mol. The molecule has 1 aromatic rings. The molecule has 0 aliphatic carbocycles. The number of amidine groups is 1. The average molecular weight is 235 g/mol. The molecule has 0 saturated carbocycles. The summed E-state index contributed by atoms with van der Waals surface area (Å²) in [5.74, 6) is 0.0808. The Labute approximate surface area is 103 Å². The van der Waals surface area contributed by atoms with Crippen LogP contribution in [-0.2, 0) is 6.54 Å². The molecule has 94 valence electrons. The van der Waals surface area contributed by atoms with Gasteiger partial charge in [-0.15, -0.1) is 0 Å². The van der Waals surface area contributed by atoms with Gasteiger partial charge in [0.15, 0.2) is 0 Å². The Bertz CT molecular complexity index is 396. The van der Waals surface area contributed by atoms with E-state index in [1.54, 1.807) is 13.8 Å². The number of nitrogen functional groups attached to an aromatic ring is 1. The van der Waals surface area contributed by atoms with Crippen LogP contribution in [0.15, 0.2) is 24.3 Å². The van der Waals surface area contributed by atoms with E-state index < -0.39 is 5.60 Å². The molecule has 0 aromatic heterocycles. The summed E-state index contributed by atoms with van der Waals surface area (Å²) in [5.41, 5.74) is 6.58. The summed E-state index contributed by atoms with van der Waals surface area (Å²) in [6, 6.07) is 7.60. The normalized spacial score (nSPS) is 11.8. The van der Waals surface area contributed by atoms with Crippen LogP contribution in [-0.4, -0.2) is 35.0 Å². The highest BCUT2D eigenvalue weighted by atomic mass is 16.3. The summed E-state index contributed by atoms with van der Waals surface area (Å²) in [7, 11) is 1.94. The van der Waals surface area contributed by atoms with Crippen LogP contribution < -0.4 is 5.73 Å². The molecule has 0 spiro atoms. The zero-order valence-corrected chi connectivity index (χ0v) is 10.7. The standard InChI is InChI=1S/C13H21N3O/c1-13(2,17)9-16(3)8-10-6-4-5-7-11(10)12(14)15/h4-7,17H,8-9H2,1-3H3,(H3,14,15). The molecule has 1 rings (SSSR count). The molecule has 1 aromatic carbocycles. The lowest BCUT2D eigenvalue weighted by molar-refractivity contribution is 0.0425. The fraction of sp³-hybridized carbons (Fsp3) is 0.462. The van der Waals surface area contributed by atoms with Crippen LogP contribution in [0.25, 0.3) is 0 Å². The van der Waals surface area contributed by atoms with Crippen molar-refractivity contribution in [3.63, 3.8) is 0 Å². The van der Waals surface area contributed by atoms with Crippen LogP contribution >= 0.6 is 0 Å². The number of rotatable bonds is 5. The highest BCUT2D eigenvalue weighted by Crippen LogP contribution is 2.12. The van der Waals surface area contributed by atoms with Gasteiger partial charge >= 0.3 is 0 Å². The van der Waals surface area contributed by atoms with Crippen LogP contribution in [0.3, 0.4) is 0 Å². The van der Waals surface area contributed by atoms with E-state index in [9.17, 15) is 5.11 Å². The fourth-order valence-electron chi connectivity index (χ4n) is 1.93. The summed E-state index contributed by atoms with van der Waals surface area (Å²) >= 11 is 0. The molecular formula is C13H21N3O. The first-order chi connectivity index (χ1) is 7.79. The van der Waals surface area contributed by atoms with Crippen molar-refractivity contribution in [3.8, 4) is 0 Å². The SMILES string of the molecule is CN(Cc1ccccc1C(=N)N)CC(C)(C)O. The minimum Gasteiger partial charge on any atom is -0.389 e. The summed E-state index contributed by atoms with van der Waals surface area (Å²) in [6.07, 6.45) is 0. The largest absolute Gasteiger partial charge is 0.389 e. The molecule has 0 aliphatic rings. The molecule has 0 heterocycles. The molecule has 0 unspecified atom stereocenters. The number of nitrogens with one attached hydrogen (secondary N) is 1. The summed E-state index contributed by atoms with van der Waals surface area (Å²) in [4.78, 5) is 2.02. The number of benzene rings is 1. The van der Waals surface area contributed by atoms with E-state index in [0.717, 1.165) is 11.1 Å². The molecule has 0 radical (unpaired) electrons. The van der Waals surface area contributed by atoms with Gasteiger partial charge in [0.1, 0.15) is 5.84 Å². The second-order valence-corrected chi connectivity index (χ2v) is 5.06. The molecule has 4 heteroatoms. The van der Waals surface area contributed by atoms with E-state index in [1.807, 2.05) is 36.2 Å². The number of hydrogen-bond donors (Lipinski definition) is 3. The van der Waals surface area contributed by atoms with Crippen molar-refractivity contribution in [3.05, 3.63) is 35.4 Å². The first-order valence-corrected chi connectivity index (χ1v) is 5.63. The van der Waals surface area contributed by atoms with Crippen molar-refractivity contribution in [1.82, 2.24) is 4.90 Å². The summed E-state index contributed by atoms with van der Waals surface area (Å²) in [5, 5.41) is 17.2. The van der Waals surface area contributed by atoms with Crippen LogP contribution in [0.4, 0.5) is 0 Å². The van der Waals surface area contributed by atoms with Gasteiger partial charge in [-0.25, -0.2) is 0 Å². The maximum absolute atomic E-state index is 9.74. The smallest absolute Gasteiger partial charge is 0.123 e. The third-order valence-electron chi connectivity index (χ3n) is 2.40. The van der Waals surface area contributed by atoms with E-state index in [4.69, 9.17) is 11.1 Å². The first kappa shape index (κ1) is 13.7. The third-order valence-corrected chi connectivity index (χ3v) is 2.40. The van der Waals surface area contributed by atoms with Gasteiger partial charge in [-0.2, -0.15) is 0 Å². The zero-order chi connectivity index (χ0) is 13.1. The second-order valence-electron chi connectivity index (χ2n) is 5.06. The zero-order valence-electron chi connectivity index (χ0n) is 10.7. The molecule has 0 saturated heterocycles. The van der Waals surface area contributed by atoms with E-state index in [0.29, 0.717) is 13.1 Å². The molecule has 0 amide bonds. The molecule has 17 heavy (non-hydrogen) atoms. The van der Waals surface area contributed by atoms with Crippen molar-refractivity contribution >= 4 is 5.84 Å². The van der Waals surface area contributed by atoms with Crippen molar-refractivity contribution in [2.24, 2.45) is 5.73 Å². The van der Waals surface area contributed by atoms with Crippen LogP contribution in [0, 0.1) is 5.41 Å². The minimum atomic E-state index is -0.722. The lowest BCUT2D eigenvalue weighted by Crippen LogP contribution is -2.36. The van der Waals surface area contributed by atoms with Gasteiger partial charge in [-0.05, 0) is 26.5 Å². The number of hydrogen-bond acceptors (Lipinski definition) is 3. The third kappa shape index (κ3) is 4.54. The van der Waals surface area contributed by atoms with Gasteiger partial charge in [-0.3, -0.25) is 10.3 Å². The molecule has 0 atom stereocenters. The minimum absolute atomic E-state index is 0.0808. The number of aliphatic hydroxyl groups is 1. The van der Waals surface area contributed by atoms with Crippen LogP contribution in [0.2, 0.25) is 0 Å². The van der Waals surface area contributed by atoms with Crippen LogP contribution in [0.5, 0.6) is 0 Å². The van der Waals surface area contributed by atoms with Crippen molar-refractivity contribution in [2.45, 2.75) is 26.0 Å². The molecule has 0 bridgehead atoms. The number of nitrogens with zero attached hydrogens (tertiary/aromatic N) is 1. The maximum Gasteiger partial charge on any atom is 0.123 e. The van der Waals surface area contributed by atoms with Crippen molar-refractivity contribution < 1.29 is 5.11 Å². The predicted octanol–water partition coefficient (Wildman–Crippen LogP) is 1.17. The van der Waals surface area contributed by atoms with Crippen molar-refractivity contribution in [2.75, 3.05) is 13.6 Å².